The monoisotopic (exact) mass is 333 g/mol. The van der Waals surface area contributed by atoms with E-state index in [1.54, 1.807) is 0 Å². The number of hydrogen-bond acceptors (Lipinski definition) is 4. The average Bonchev–Trinajstić information content (AvgIpc) is 2.48. The fraction of sp³-hybridized carbons (Fsp3) is 0.938. The highest BCUT2D eigenvalue weighted by molar-refractivity contribution is 5.86. The van der Waals surface area contributed by atoms with Crippen LogP contribution in [-0.4, -0.2) is 67.2 Å². The van der Waals surface area contributed by atoms with E-state index in [2.05, 4.69) is 11.8 Å². The van der Waals surface area contributed by atoms with E-state index in [0.29, 0.717) is 0 Å². The number of carbonyl (C=O) groups excluding carboxylic acids is 1. The van der Waals surface area contributed by atoms with Crippen LogP contribution in [0.25, 0.3) is 0 Å². The van der Waals surface area contributed by atoms with Gasteiger partial charge in [-0.05, 0) is 32.1 Å². The van der Waals surface area contributed by atoms with E-state index in [9.17, 15) is 4.79 Å². The summed E-state index contributed by atoms with van der Waals surface area (Å²) >= 11 is 0. The smallest absolute Gasteiger partial charge is 0.242 e. The fourth-order valence-electron chi connectivity index (χ4n) is 3.42. The van der Waals surface area contributed by atoms with Crippen LogP contribution < -0.4 is 5.73 Å². The van der Waals surface area contributed by atoms with Gasteiger partial charge in [-0.3, -0.25) is 9.69 Å². The SMILES string of the molecule is CCCC(C)(N)C(=O)N1CCN(CC2CCOCC2)CC1.Cl. The zero-order chi connectivity index (χ0) is 15.3. The molecular weight excluding hydrogens is 302 g/mol. The lowest BCUT2D eigenvalue weighted by atomic mass is 9.95. The second kappa shape index (κ2) is 9.06. The third kappa shape index (κ3) is 5.37. The van der Waals surface area contributed by atoms with Gasteiger partial charge < -0.3 is 15.4 Å². The molecule has 2 saturated heterocycles. The number of piperazine rings is 1. The molecule has 22 heavy (non-hydrogen) atoms. The lowest BCUT2D eigenvalue weighted by molar-refractivity contribution is -0.138. The van der Waals surface area contributed by atoms with Crippen molar-refractivity contribution in [2.24, 2.45) is 11.7 Å². The number of hydrogen-bond donors (Lipinski definition) is 1. The Morgan fingerprint density at radius 3 is 2.36 bits per heavy atom. The molecule has 2 fully saturated rings. The van der Waals surface area contributed by atoms with Crippen LogP contribution in [0.4, 0.5) is 0 Å². The first-order valence-corrected chi connectivity index (χ1v) is 8.41. The van der Waals surface area contributed by atoms with Crippen LogP contribution in [0.5, 0.6) is 0 Å². The third-order valence-electron chi connectivity index (χ3n) is 4.77. The zero-order valence-corrected chi connectivity index (χ0v) is 14.9. The van der Waals surface area contributed by atoms with Crippen molar-refractivity contribution in [1.82, 2.24) is 9.80 Å². The zero-order valence-electron chi connectivity index (χ0n) is 14.1. The molecule has 130 valence electrons. The first-order valence-electron chi connectivity index (χ1n) is 8.41. The van der Waals surface area contributed by atoms with E-state index < -0.39 is 5.54 Å². The van der Waals surface area contributed by atoms with Crippen molar-refractivity contribution in [1.29, 1.82) is 0 Å². The Labute approximate surface area is 140 Å². The molecule has 1 amide bonds. The number of carbonyl (C=O) groups is 1. The lowest BCUT2D eigenvalue weighted by Gasteiger charge is -2.40. The second-order valence-corrected chi connectivity index (χ2v) is 6.82. The minimum absolute atomic E-state index is 0. The Morgan fingerprint density at radius 2 is 1.82 bits per heavy atom. The summed E-state index contributed by atoms with van der Waals surface area (Å²) in [5.74, 6) is 0.885. The van der Waals surface area contributed by atoms with Crippen LogP contribution in [0.1, 0.15) is 39.5 Å². The molecule has 1 unspecified atom stereocenters. The second-order valence-electron chi connectivity index (χ2n) is 6.82. The Balaban J connectivity index is 0.00000242. The van der Waals surface area contributed by atoms with Crippen LogP contribution in [0.3, 0.4) is 0 Å². The standard InChI is InChI=1S/C16H31N3O2.ClH/c1-3-6-16(2,17)15(20)19-9-7-18(8-10-19)13-14-4-11-21-12-5-14;/h14H,3-13,17H2,1-2H3;1H. The number of halogens is 1. The molecule has 6 heteroatoms. The quantitative estimate of drug-likeness (QED) is 0.828. The Morgan fingerprint density at radius 1 is 1.23 bits per heavy atom. The molecule has 0 aliphatic carbocycles. The maximum atomic E-state index is 12.5. The van der Waals surface area contributed by atoms with Gasteiger partial charge >= 0.3 is 0 Å². The van der Waals surface area contributed by atoms with Crippen LogP contribution in [-0.2, 0) is 9.53 Å². The summed E-state index contributed by atoms with van der Waals surface area (Å²) in [7, 11) is 0. The van der Waals surface area contributed by atoms with Crippen LogP contribution >= 0.6 is 12.4 Å². The van der Waals surface area contributed by atoms with Crippen LogP contribution in [0, 0.1) is 5.92 Å². The molecule has 0 aromatic rings. The highest BCUT2D eigenvalue weighted by atomic mass is 35.5. The van der Waals surface area contributed by atoms with Gasteiger partial charge in [0.25, 0.3) is 0 Å². The van der Waals surface area contributed by atoms with Gasteiger partial charge in [0.1, 0.15) is 0 Å². The first-order chi connectivity index (χ1) is 10.0. The summed E-state index contributed by atoms with van der Waals surface area (Å²) in [6, 6.07) is 0. The largest absolute Gasteiger partial charge is 0.381 e. The highest BCUT2D eigenvalue weighted by Gasteiger charge is 2.33. The van der Waals surface area contributed by atoms with Crippen molar-refractivity contribution < 1.29 is 9.53 Å². The van der Waals surface area contributed by atoms with Gasteiger partial charge in [-0.2, -0.15) is 0 Å². The predicted molar refractivity (Wildman–Crippen MR) is 91.3 cm³/mol. The van der Waals surface area contributed by atoms with Gasteiger partial charge in [0.2, 0.25) is 5.91 Å². The van der Waals surface area contributed by atoms with E-state index in [1.165, 1.54) is 12.8 Å². The van der Waals surface area contributed by atoms with Gasteiger partial charge in [0, 0.05) is 45.9 Å². The van der Waals surface area contributed by atoms with Crippen molar-refractivity contribution in [2.75, 3.05) is 45.9 Å². The molecule has 0 aromatic carbocycles. The van der Waals surface area contributed by atoms with Gasteiger partial charge in [-0.1, -0.05) is 13.3 Å². The van der Waals surface area contributed by atoms with E-state index in [1.807, 2.05) is 11.8 Å². The number of ether oxygens (including phenoxy) is 1. The maximum absolute atomic E-state index is 12.5. The molecule has 2 aliphatic rings. The molecule has 2 heterocycles. The topological polar surface area (TPSA) is 58.8 Å². The predicted octanol–water partition coefficient (Wildman–Crippen LogP) is 1.50. The third-order valence-corrected chi connectivity index (χ3v) is 4.77. The molecule has 0 saturated carbocycles. The Bertz CT molecular complexity index is 338. The molecule has 0 aromatic heterocycles. The van der Waals surface area contributed by atoms with Crippen LogP contribution in [0.2, 0.25) is 0 Å². The van der Waals surface area contributed by atoms with E-state index in [-0.39, 0.29) is 18.3 Å². The lowest BCUT2D eigenvalue weighted by Crippen LogP contribution is -2.58. The van der Waals surface area contributed by atoms with E-state index in [4.69, 9.17) is 10.5 Å². The Hall–Kier alpha value is -0.360. The highest BCUT2D eigenvalue weighted by Crippen LogP contribution is 2.18. The molecule has 0 bridgehead atoms. The average molecular weight is 334 g/mol. The van der Waals surface area contributed by atoms with Crippen molar-refractivity contribution in [2.45, 2.75) is 45.1 Å². The number of rotatable bonds is 5. The minimum Gasteiger partial charge on any atom is -0.381 e. The van der Waals surface area contributed by atoms with Crippen molar-refractivity contribution >= 4 is 18.3 Å². The van der Waals surface area contributed by atoms with Crippen LogP contribution in [0.15, 0.2) is 0 Å². The van der Waals surface area contributed by atoms with E-state index in [0.717, 1.165) is 64.7 Å². The first kappa shape index (κ1) is 19.7. The summed E-state index contributed by atoms with van der Waals surface area (Å²) in [6.07, 6.45) is 4.06. The van der Waals surface area contributed by atoms with Gasteiger partial charge in [0.05, 0.1) is 5.54 Å². The molecule has 1 atom stereocenters. The summed E-state index contributed by atoms with van der Waals surface area (Å²) < 4.78 is 5.41. The molecular formula is C16H32ClN3O2. The Kier molecular flexibility index (Phi) is 8.11. The minimum atomic E-state index is -0.697. The number of nitrogens with zero attached hydrogens (tertiary/aromatic N) is 2. The van der Waals surface area contributed by atoms with Gasteiger partial charge in [0.15, 0.2) is 0 Å². The summed E-state index contributed by atoms with van der Waals surface area (Å²) in [4.78, 5) is 16.9. The molecule has 2 aliphatic heterocycles. The van der Waals surface area contributed by atoms with Gasteiger partial charge in [-0.15, -0.1) is 12.4 Å². The van der Waals surface area contributed by atoms with Crippen molar-refractivity contribution in [3.05, 3.63) is 0 Å². The maximum Gasteiger partial charge on any atom is 0.242 e. The normalized spacial score (nSPS) is 23.7. The number of amides is 1. The molecule has 0 spiro atoms. The molecule has 5 nitrogen and oxygen atoms in total. The molecule has 2 N–H and O–H groups in total. The number of nitrogens with two attached hydrogens (primary N) is 1. The molecule has 0 radical (unpaired) electrons. The van der Waals surface area contributed by atoms with Crippen molar-refractivity contribution in [3.8, 4) is 0 Å². The van der Waals surface area contributed by atoms with Crippen molar-refractivity contribution in [3.63, 3.8) is 0 Å². The fourth-order valence-corrected chi connectivity index (χ4v) is 3.42. The van der Waals surface area contributed by atoms with Gasteiger partial charge in [-0.25, -0.2) is 0 Å². The molecule has 2 rings (SSSR count). The summed E-state index contributed by atoms with van der Waals surface area (Å²) in [5, 5.41) is 0. The van der Waals surface area contributed by atoms with E-state index >= 15 is 0 Å². The summed E-state index contributed by atoms with van der Waals surface area (Å²) in [6.45, 7) is 10.5. The summed E-state index contributed by atoms with van der Waals surface area (Å²) in [5.41, 5.74) is 5.47.